The minimum absolute atomic E-state index is 0.216. The Morgan fingerprint density at radius 3 is 2.65 bits per heavy atom. The molecule has 0 spiro atoms. The molecule has 5 heteroatoms. The van der Waals surface area contributed by atoms with Crippen molar-refractivity contribution in [1.82, 2.24) is 5.32 Å². The topological polar surface area (TPSA) is 66.4 Å². The number of carboxylic acids is 1. The fraction of sp³-hybridized carbons (Fsp3) is 0.467. The third kappa shape index (κ3) is 5.33. The van der Waals surface area contributed by atoms with Gasteiger partial charge >= 0.3 is 5.97 Å². The molecule has 0 heterocycles. The number of aliphatic carboxylic acids is 1. The quantitative estimate of drug-likeness (QED) is 0.800. The maximum atomic E-state index is 11.8. The Kier molecular flexibility index (Phi) is 6.71. The van der Waals surface area contributed by atoms with Gasteiger partial charge in [0.2, 0.25) is 5.91 Å². The van der Waals surface area contributed by atoms with Gasteiger partial charge in [-0.1, -0.05) is 41.4 Å². The molecular weight excluding hydrogens is 322 g/mol. The first-order valence-corrected chi connectivity index (χ1v) is 7.50. The van der Waals surface area contributed by atoms with Crippen LogP contribution >= 0.6 is 15.9 Å². The molecule has 2 N–H and O–H groups in total. The number of carboxylic acid groups (broad SMARTS) is 1. The molecule has 0 fully saturated rings. The van der Waals surface area contributed by atoms with Crippen LogP contribution in [0.4, 0.5) is 0 Å². The van der Waals surface area contributed by atoms with Gasteiger partial charge < -0.3 is 10.4 Å². The molecule has 0 aromatic heterocycles. The lowest BCUT2D eigenvalue weighted by Crippen LogP contribution is -2.40. The molecule has 0 saturated carbocycles. The molecule has 110 valence electrons. The average Bonchev–Trinajstić information content (AvgIpc) is 2.39. The molecule has 0 aliphatic carbocycles. The van der Waals surface area contributed by atoms with Crippen molar-refractivity contribution in [2.75, 3.05) is 0 Å². The third-order valence-electron chi connectivity index (χ3n) is 3.07. The first kappa shape index (κ1) is 16.7. The number of amides is 1. The molecule has 0 aliphatic rings. The molecule has 0 bridgehead atoms. The predicted molar refractivity (Wildman–Crippen MR) is 81.7 cm³/mol. The lowest BCUT2D eigenvalue weighted by Gasteiger charge is -2.13. The predicted octanol–water partition coefficient (Wildman–Crippen LogP) is 3.06. The summed E-state index contributed by atoms with van der Waals surface area (Å²) in [6.07, 6.45) is 2.09. The average molecular weight is 342 g/mol. The molecule has 20 heavy (non-hydrogen) atoms. The SMILES string of the molecule is CCCC(NC(=O)CCc1ccc(Br)c(C)c1)C(=O)O. The van der Waals surface area contributed by atoms with Crippen molar-refractivity contribution in [1.29, 1.82) is 0 Å². The Morgan fingerprint density at radius 2 is 2.10 bits per heavy atom. The highest BCUT2D eigenvalue weighted by atomic mass is 79.9. The van der Waals surface area contributed by atoms with E-state index in [1.165, 1.54) is 0 Å². The smallest absolute Gasteiger partial charge is 0.326 e. The van der Waals surface area contributed by atoms with E-state index in [-0.39, 0.29) is 5.91 Å². The second-order valence-corrected chi connectivity index (χ2v) is 5.68. The zero-order chi connectivity index (χ0) is 15.1. The van der Waals surface area contributed by atoms with E-state index in [2.05, 4.69) is 21.2 Å². The van der Waals surface area contributed by atoms with Gasteiger partial charge in [0, 0.05) is 10.9 Å². The fourth-order valence-corrected chi connectivity index (χ4v) is 2.18. The summed E-state index contributed by atoms with van der Waals surface area (Å²) in [5, 5.41) is 11.6. The number of aryl methyl sites for hydroxylation is 2. The van der Waals surface area contributed by atoms with Gasteiger partial charge in [0.1, 0.15) is 6.04 Å². The molecule has 4 nitrogen and oxygen atoms in total. The van der Waals surface area contributed by atoms with Crippen molar-refractivity contribution < 1.29 is 14.7 Å². The Bertz CT molecular complexity index is 488. The van der Waals surface area contributed by atoms with Gasteiger partial charge in [-0.2, -0.15) is 0 Å². The van der Waals surface area contributed by atoms with Gasteiger partial charge in [-0.25, -0.2) is 4.79 Å². The van der Waals surface area contributed by atoms with E-state index in [1.54, 1.807) is 0 Å². The number of rotatable bonds is 7. The minimum atomic E-state index is -0.973. The number of halogens is 1. The van der Waals surface area contributed by atoms with Crippen molar-refractivity contribution in [2.24, 2.45) is 0 Å². The van der Waals surface area contributed by atoms with Gasteiger partial charge in [0.15, 0.2) is 0 Å². The second-order valence-electron chi connectivity index (χ2n) is 4.83. The molecule has 1 amide bonds. The van der Waals surface area contributed by atoms with Crippen molar-refractivity contribution in [3.8, 4) is 0 Å². The van der Waals surface area contributed by atoms with Gasteiger partial charge in [-0.15, -0.1) is 0 Å². The van der Waals surface area contributed by atoms with E-state index in [4.69, 9.17) is 5.11 Å². The summed E-state index contributed by atoms with van der Waals surface area (Å²) in [7, 11) is 0. The van der Waals surface area contributed by atoms with Crippen LogP contribution in [0.15, 0.2) is 22.7 Å². The number of hydrogen-bond donors (Lipinski definition) is 2. The maximum absolute atomic E-state index is 11.8. The summed E-state index contributed by atoms with van der Waals surface area (Å²) >= 11 is 3.43. The van der Waals surface area contributed by atoms with Crippen molar-refractivity contribution in [3.63, 3.8) is 0 Å². The molecule has 0 radical (unpaired) electrons. The lowest BCUT2D eigenvalue weighted by molar-refractivity contribution is -0.142. The van der Waals surface area contributed by atoms with Gasteiger partial charge in [-0.3, -0.25) is 4.79 Å². The summed E-state index contributed by atoms with van der Waals surface area (Å²) < 4.78 is 1.04. The molecule has 0 aliphatic heterocycles. The molecule has 1 aromatic rings. The molecular formula is C15H20BrNO3. The van der Waals surface area contributed by atoms with E-state index >= 15 is 0 Å². The number of nitrogens with one attached hydrogen (secondary N) is 1. The Hall–Kier alpha value is -1.36. The normalized spacial score (nSPS) is 11.9. The molecule has 1 unspecified atom stereocenters. The van der Waals surface area contributed by atoms with E-state index in [1.807, 2.05) is 32.0 Å². The van der Waals surface area contributed by atoms with Gasteiger partial charge in [0.05, 0.1) is 0 Å². The van der Waals surface area contributed by atoms with Crippen LogP contribution in [0.2, 0.25) is 0 Å². The summed E-state index contributed by atoms with van der Waals surface area (Å²) in [6, 6.07) is 5.17. The summed E-state index contributed by atoms with van der Waals surface area (Å²) in [5.41, 5.74) is 2.19. The molecule has 0 saturated heterocycles. The van der Waals surface area contributed by atoms with Crippen LogP contribution in [0, 0.1) is 6.92 Å². The monoisotopic (exact) mass is 341 g/mol. The van der Waals surface area contributed by atoms with Crippen LogP contribution in [0.1, 0.15) is 37.3 Å². The van der Waals surface area contributed by atoms with Crippen LogP contribution in [0.5, 0.6) is 0 Å². The highest BCUT2D eigenvalue weighted by Crippen LogP contribution is 2.17. The van der Waals surface area contributed by atoms with E-state index < -0.39 is 12.0 Å². The van der Waals surface area contributed by atoms with Crippen molar-refractivity contribution in [2.45, 2.75) is 45.6 Å². The first-order chi connectivity index (χ1) is 9.43. The van der Waals surface area contributed by atoms with Crippen molar-refractivity contribution >= 4 is 27.8 Å². The van der Waals surface area contributed by atoms with Crippen LogP contribution in [0.25, 0.3) is 0 Å². The van der Waals surface area contributed by atoms with Crippen LogP contribution < -0.4 is 5.32 Å². The lowest BCUT2D eigenvalue weighted by atomic mass is 10.1. The van der Waals surface area contributed by atoms with E-state index in [0.29, 0.717) is 19.3 Å². The number of carbonyl (C=O) groups excluding carboxylic acids is 1. The summed E-state index contributed by atoms with van der Waals surface area (Å²) in [5.74, 6) is -1.19. The highest BCUT2D eigenvalue weighted by Gasteiger charge is 2.18. The Morgan fingerprint density at radius 1 is 1.40 bits per heavy atom. The van der Waals surface area contributed by atoms with E-state index in [9.17, 15) is 9.59 Å². The molecule has 1 rings (SSSR count). The molecule has 1 atom stereocenters. The standard InChI is InChI=1S/C15H20BrNO3/c1-3-4-13(15(19)20)17-14(18)8-6-11-5-7-12(16)10(2)9-11/h5,7,9,13H,3-4,6,8H2,1-2H3,(H,17,18)(H,19,20). The minimum Gasteiger partial charge on any atom is -0.480 e. The highest BCUT2D eigenvalue weighted by molar-refractivity contribution is 9.10. The number of benzene rings is 1. The number of carbonyl (C=O) groups is 2. The van der Waals surface area contributed by atoms with Crippen LogP contribution in [-0.2, 0) is 16.0 Å². The van der Waals surface area contributed by atoms with E-state index in [0.717, 1.165) is 22.0 Å². The zero-order valence-corrected chi connectivity index (χ0v) is 13.4. The maximum Gasteiger partial charge on any atom is 0.326 e. The second kappa shape index (κ2) is 8.04. The Labute approximate surface area is 127 Å². The number of hydrogen-bond acceptors (Lipinski definition) is 2. The summed E-state index contributed by atoms with van der Waals surface area (Å²) in [6.45, 7) is 3.89. The van der Waals surface area contributed by atoms with Gasteiger partial charge in [0.25, 0.3) is 0 Å². The first-order valence-electron chi connectivity index (χ1n) is 6.71. The largest absolute Gasteiger partial charge is 0.480 e. The van der Waals surface area contributed by atoms with Gasteiger partial charge in [-0.05, 0) is 37.0 Å². The molecule has 1 aromatic carbocycles. The Balaban J connectivity index is 2.50. The van der Waals surface area contributed by atoms with Crippen LogP contribution in [-0.4, -0.2) is 23.0 Å². The fourth-order valence-electron chi connectivity index (χ4n) is 1.93. The van der Waals surface area contributed by atoms with Crippen LogP contribution in [0.3, 0.4) is 0 Å². The zero-order valence-electron chi connectivity index (χ0n) is 11.8. The van der Waals surface area contributed by atoms with Crippen molar-refractivity contribution in [3.05, 3.63) is 33.8 Å². The summed E-state index contributed by atoms with van der Waals surface area (Å²) in [4.78, 5) is 22.7. The third-order valence-corrected chi connectivity index (χ3v) is 3.96.